The summed E-state index contributed by atoms with van der Waals surface area (Å²) >= 11 is 0. The van der Waals surface area contributed by atoms with Crippen molar-refractivity contribution in [3.05, 3.63) is 42.7 Å². The van der Waals surface area contributed by atoms with Crippen LogP contribution in [0.15, 0.2) is 41.4 Å². The van der Waals surface area contributed by atoms with Crippen LogP contribution in [0, 0.1) is 0 Å². The summed E-state index contributed by atoms with van der Waals surface area (Å²) in [4.78, 5) is 4.41. The number of benzene rings is 1. The molecule has 0 saturated carbocycles. The zero-order chi connectivity index (χ0) is 14.4. The number of halogens is 1. The van der Waals surface area contributed by atoms with Gasteiger partial charge in [-0.1, -0.05) is 29.9 Å². The average molecular weight is 310 g/mol. The van der Waals surface area contributed by atoms with E-state index in [1.807, 2.05) is 31.3 Å². The van der Waals surface area contributed by atoms with Crippen molar-refractivity contribution >= 4 is 12.4 Å². The van der Waals surface area contributed by atoms with Crippen LogP contribution in [-0.4, -0.2) is 29.8 Å². The number of ether oxygens (including phenoxy) is 1. The lowest BCUT2D eigenvalue weighted by atomic mass is 10.2. The molecule has 0 aliphatic carbocycles. The number of hydrogen-bond acceptors (Lipinski definition) is 5. The van der Waals surface area contributed by atoms with Gasteiger partial charge in [0.05, 0.1) is 5.56 Å². The molecule has 0 radical (unpaired) electrons. The molecule has 2 rings (SSSR count). The van der Waals surface area contributed by atoms with Crippen LogP contribution in [0.2, 0.25) is 0 Å². The van der Waals surface area contributed by atoms with E-state index in [1.165, 1.54) is 0 Å². The molecule has 0 fully saturated rings. The predicted octanol–water partition coefficient (Wildman–Crippen LogP) is 2.87. The van der Waals surface area contributed by atoms with E-state index in [9.17, 15) is 0 Å². The molecule has 0 aliphatic rings. The molecule has 0 aliphatic heterocycles. The Labute approximate surface area is 130 Å². The van der Waals surface area contributed by atoms with Gasteiger partial charge in [0.15, 0.2) is 5.82 Å². The lowest BCUT2D eigenvalue weighted by Crippen LogP contribution is -2.24. The summed E-state index contributed by atoms with van der Waals surface area (Å²) < 4.78 is 10.9. The number of likely N-dealkylation sites (N-methyl/N-ethyl adjacent to an activating group) is 1. The van der Waals surface area contributed by atoms with Gasteiger partial charge in [0, 0.05) is 12.5 Å². The highest BCUT2D eigenvalue weighted by molar-refractivity contribution is 5.85. The number of para-hydroxylation sites is 1. The highest BCUT2D eigenvalue weighted by Gasteiger charge is 2.14. The summed E-state index contributed by atoms with van der Waals surface area (Å²) in [6.07, 6.45) is 2.42. The first-order chi connectivity index (χ1) is 9.74. The second-order valence-electron chi connectivity index (χ2n) is 4.51. The van der Waals surface area contributed by atoms with Crippen LogP contribution in [0.5, 0.6) is 5.75 Å². The van der Waals surface area contributed by atoms with E-state index in [4.69, 9.17) is 9.26 Å². The maximum atomic E-state index is 5.59. The van der Waals surface area contributed by atoms with Crippen molar-refractivity contribution in [2.24, 2.45) is 0 Å². The zero-order valence-electron chi connectivity index (χ0n) is 12.2. The van der Waals surface area contributed by atoms with Gasteiger partial charge >= 0.3 is 0 Å². The van der Waals surface area contributed by atoms with Crippen molar-refractivity contribution in [3.63, 3.8) is 0 Å². The SMILES string of the molecule is C=CCOc1ccccc1-c1nc(CC(C)NC)no1.Cl. The third-order valence-electron chi connectivity index (χ3n) is 2.92. The Balaban J connectivity index is 0.00000220. The minimum atomic E-state index is 0. The van der Waals surface area contributed by atoms with E-state index in [0.717, 1.165) is 12.0 Å². The van der Waals surface area contributed by atoms with Crippen LogP contribution in [0.1, 0.15) is 12.7 Å². The lowest BCUT2D eigenvalue weighted by Gasteiger charge is -2.06. The Kier molecular flexibility index (Phi) is 6.91. The molecule has 0 spiro atoms. The van der Waals surface area contributed by atoms with E-state index in [1.54, 1.807) is 6.08 Å². The fraction of sp³-hybridized carbons (Fsp3) is 0.333. The second-order valence-corrected chi connectivity index (χ2v) is 4.51. The Morgan fingerprint density at radius 1 is 1.43 bits per heavy atom. The molecule has 1 N–H and O–H groups in total. The van der Waals surface area contributed by atoms with Crippen LogP contribution in [0.25, 0.3) is 11.5 Å². The highest BCUT2D eigenvalue weighted by atomic mass is 35.5. The number of hydrogen-bond donors (Lipinski definition) is 1. The van der Waals surface area contributed by atoms with E-state index in [2.05, 4.69) is 29.0 Å². The lowest BCUT2D eigenvalue weighted by molar-refractivity contribution is 0.361. The van der Waals surface area contributed by atoms with Crippen LogP contribution < -0.4 is 10.1 Å². The molecular weight excluding hydrogens is 290 g/mol. The highest BCUT2D eigenvalue weighted by Crippen LogP contribution is 2.28. The van der Waals surface area contributed by atoms with E-state index < -0.39 is 0 Å². The fourth-order valence-corrected chi connectivity index (χ4v) is 1.74. The largest absolute Gasteiger partial charge is 0.489 e. The first-order valence-corrected chi connectivity index (χ1v) is 6.57. The van der Waals surface area contributed by atoms with Gasteiger partial charge in [-0.05, 0) is 26.1 Å². The van der Waals surface area contributed by atoms with Gasteiger partial charge in [-0.25, -0.2) is 0 Å². The summed E-state index contributed by atoms with van der Waals surface area (Å²) in [5, 5.41) is 7.14. The van der Waals surface area contributed by atoms with Crippen molar-refractivity contribution in [2.75, 3.05) is 13.7 Å². The third kappa shape index (κ3) is 4.58. The van der Waals surface area contributed by atoms with Crippen molar-refractivity contribution < 1.29 is 9.26 Å². The van der Waals surface area contributed by atoms with Gasteiger partial charge in [-0.2, -0.15) is 4.98 Å². The van der Waals surface area contributed by atoms with Crippen LogP contribution in [0.3, 0.4) is 0 Å². The molecule has 1 aromatic carbocycles. The molecule has 0 saturated heterocycles. The molecule has 2 aromatic rings. The second kappa shape index (κ2) is 8.44. The molecule has 6 heteroatoms. The molecule has 1 heterocycles. The fourth-order valence-electron chi connectivity index (χ4n) is 1.74. The molecule has 5 nitrogen and oxygen atoms in total. The molecular formula is C15H20ClN3O2. The monoisotopic (exact) mass is 309 g/mol. The topological polar surface area (TPSA) is 60.2 Å². The Morgan fingerprint density at radius 2 is 2.19 bits per heavy atom. The molecule has 1 unspecified atom stereocenters. The zero-order valence-corrected chi connectivity index (χ0v) is 13.0. The first-order valence-electron chi connectivity index (χ1n) is 6.57. The summed E-state index contributed by atoms with van der Waals surface area (Å²) in [7, 11) is 1.91. The van der Waals surface area contributed by atoms with E-state index in [-0.39, 0.29) is 12.4 Å². The number of aromatic nitrogens is 2. The Bertz CT molecular complexity index is 572. The molecule has 114 valence electrons. The van der Waals surface area contributed by atoms with Crippen molar-refractivity contribution in [3.8, 4) is 17.2 Å². The molecule has 21 heavy (non-hydrogen) atoms. The van der Waals surface area contributed by atoms with Crippen molar-refractivity contribution in [1.29, 1.82) is 0 Å². The normalized spacial score (nSPS) is 11.5. The van der Waals surface area contributed by atoms with Crippen molar-refractivity contribution in [1.82, 2.24) is 15.5 Å². The van der Waals surface area contributed by atoms with Gasteiger partial charge in [0.1, 0.15) is 12.4 Å². The third-order valence-corrected chi connectivity index (χ3v) is 2.92. The number of rotatable bonds is 7. The molecule has 0 amide bonds. The predicted molar refractivity (Wildman–Crippen MR) is 84.9 cm³/mol. The van der Waals surface area contributed by atoms with Gasteiger partial charge in [0.2, 0.25) is 0 Å². The van der Waals surface area contributed by atoms with Gasteiger partial charge in [-0.15, -0.1) is 12.4 Å². The summed E-state index contributed by atoms with van der Waals surface area (Å²) in [5.41, 5.74) is 0.796. The van der Waals surface area contributed by atoms with Gasteiger partial charge < -0.3 is 14.6 Å². The van der Waals surface area contributed by atoms with Crippen LogP contribution in [-0.2, 0) is 6.42 Å². The minimum Gasteiger partial charge on any atom is -0.489 e. The van der Waals surface area contributed by atoms with Crippen LogP contribution in [0.4, 0.5) is 0 Å². The van der Waals surface area contributed by atoms with Crippen LogP contribution >= 0.6 is 12.4 Å². The molecule has 1 aromatic heterocycles. The quantitative estimate of drug-likeness (QED) is 0.797. The Morgan fingerprint density at radius 3 is 2.90 bits per heavy atom. The summed E-state index contributed by atoms with van der Waals surface area (Å²) in [6, 6.07) is 7.89. The summed E-state index contributed by atoms with van der Waals surface area (Å²) in [6.45, 7) is 6.15. The molecule has 0 bridgehead atoms. The van der Waals surface area contributed by atoms with Gasteiger partial charge in [0.25, 0.3) is 5.89 Å². The van der Waals surface area contributed by atoms with E-state index in [0.29, 0.717) is 30.1 Å². The maximum absolute atomic E-state index is 5.59. The average Bonchev–Trinajstić information content (AvgIpc) is 2.93. The van der Waals surface area contributed by atoms with Crippen molar-refractivity contribution in [2.45, 2.75) is 19.4 Å². The Hall–Kier alpha value is -1.85. The smallest absolute Gasteiger partial charge is 0.261 e. The number of nitrogens with zero attached hydrogens (tertiary/aromatic N) is 2. The number of nitrogens with one attached hydrogen (secondary N) is 1. The van der Waals surface area contributed by atoms with Gasteiger partial charge in [-0.3, -0.25) is 0 Å². The first kappa shape index (κ1) is 17.2. The molecule has 1 atom stereocenters. The van der Waals surface area contributed by atoms with E-state index >= 15 is 0 Å². The minimum absolute atomic E-state index is 0. The standard InChI is InChI=1S/C15H19N3O2.ClH/c1-4-9-19-13-8-6-5-7-12(13)15-17-14(18-20-15)10-11(2)16-3;/h4-8,11,16H,1,9-10H2,2-3H3;1H. The maximum Gasteiger partial charge on any atom is 0.261 e. The summed E-state index contributed by atoms with van der Waals surface area (Å²) in [5.74, 6) is 1.87.